The third-order valence-electron chi connectivity index (χ3n) is 1.89. The third kappa shape index (κ3) is 5.33. The molecule has 0 aromatic heterocycles. The van der Waals surface area contributed by atoms with Crippen LogP contribution >= 0.6 is 11.9 Å². The zero-order chi connectivity index (χ0) is 12.9. The Morgan fingerprint density at radius 3 is 2.71 bits per heavy atom. The summed E-state index contributed by atoms with van der Waals surface area (Å²) in [4.78, 5) is 0. The van der Waals surface area contributed by atoms with E-state index in [1.54, 1.807) is 25.5 Å². The van der Waals surface area contributed by atoms with Crippen LogP contribution in [0.4, 0.5) is 4.39 Å². The number of hydrogen-bond donors (Lipinski definition) is 0. The molecule has 0 heterocycles. The molecule has 1 rings (SSSR count). The molecular weight excluding hydrogens is 237 g/mol. The maximum Gasteiger partial charge on any atom is 0.132 e. The lowest BCUT2D eigenvalue weighted by Gasteiger charge is -2.12. The molecule has 0 amide bonds. The largest absolute Gasteiger partial charge is 0.380 e. The summed E-state index contributed by atoms with van der Waals surface area (Å²) in [6.45, 7) is 6.67. The first kappa shape index (κ1) is 14.2. The average molecular weight is 255 g/mol. The normalized spacial score (nSPS) is 12.3. The van der Waals surface area contributed by atoms with Gasteiger partial charge in [0.05, 0.1) is 6.61 Å². The van der Waals surface area contributed by atoms with Crippen LogP contribution in [0.2, 0.25) is 0 Å². The lowest BCUT2D eigenvalue weighted by atomic mass is 10.1. The average Bonchev–Trinajstić information content (AvgIpc) is 2.21. The maximum atomic E-state index is 13.5. The number of hydrogen-bond acceptors (Lipinski definition) is 3. The molecule has 0 saturated carbocycles. The highest BCUT2D eigenvalue weighted by Crippen LogP contribution is 2.24. The van der Waals surface area contributed by atoms with E-state index in [1.807, 2.05) is 0 Å². The van der Waals surface area contributed by atoms with Crippen molar-refractivity contribution in [3.05, 3.63) is 35.1 Å². The van der Waals surface area contributed by atoms with Crippen LogP contribution in [0.5, 0.6) is 0 Å². The quantitative estimate of drug-likeness (QED) is 0.602. The fourth-order valence-electron chi connectivity index (χ4n) is 1.19. The highest BCUT2D eigenvalue weighted by atomic mass is 32.2. The zero-order valence-electron chi connectivity index (χ0n) is 10.7. The molecule has 0 fully saturated rings. The summed E-state index contributed by atoms with van der Waals surface area (Å²) in [6.07, 6.45) is 1.56. The molecule has 0 bridgehead atoms. The van der Waals surface area contributed by atoms with Crippen molar-refractivity contribution >= 4 is 18.2 Å². The molecule has 0 radical (unpaired) electrons. The monoisotopic (exact) mass is 255 g/mol. The fourth-order valence-corrected chi connectivity index (χ4v) is 1.67. The van der Waals surface area contributed by atoms with Crippen LogP contribution in [-0.2, 0) is 11.3 Å². The number of benzene rings is 1. The van der Waals surface area contributed by atoms with E-state index < -0.39 is 0 Å². The van der Waals surface area contributed by atoms with E-state index in [-0.39, 0.29) is 10.6 Å². The predicted molar refractivity (Wildman–Crippen MR) is 72.1 cm³/mol. The first-order chi connectivity index (χ1) is 7.92. The molecular formula is C13H18FNOS. The summed E-state index contributed by atoms with van der Waals surface area (Å²) in [6, 6.07) is 4.91. The van der Waals surface area contributed by atoms with E-state index in [4.69, 9.17) is 4.74 Å². The minimum Gasteiger partial charge on any atom is -0.380 e. The predicted octanol–water partition coefficient (Wildman–Crippen LogP) is 3.84. The van der Waals surface area contributed by atoms with Crippen LogP contribution in [0.15, 0.2) is 22.6 Å². The maximum absolute atomic E-state index is 13.5. The van der Waals surface area contributed by atoms with Gasteiger partial charge in [0.15, 0.2) is 0 Å². The molecule has 17 heavy (non-hydrogen) atoms. The van der Waals surface area contributed by atoms with Crippen molar-refractivity contribution in [2.75, 3.05) is 7.11 Å². The second-order valence-electron chi connectivity index (χ2n) is 4.73. The molecule has 0 aliphatic heterocycles. The van der Waals surface area contributed by atoms with Gasteiger partial charge in [0.25, 0.3) is 0 Å². The summed E-state index contributed by atoms with van der Waals surface area (Å²) < 4.78 is 22.7. The molecule has 0 N–H and O–H groups in total. The minimum atomic E-state index is -0.261. The van der Waals surface area contributed by atoms with Gasteiger partial charge in [0.1, 0.15) is 5.82 Å². The molecule has 0 saturated heterocycles. The van der Waals surface area contributed by atoms with Gasteiger partial charge in [-0.2, -0.15) is 0 Å². The van der Waals surface area contributed by atoms with Crippen molar-refractivity contribution in [2.24, 2.45) is 4.40 Å². The number of halogens is 1. The smallest absolute Gasteiger partial charge is 0.132 e. The van der Waals surface area contributed by atoms with Gasteiger partial charge in [-0.1, -0.05) is 6.07 Å². The second kappa shape index (κ2) is 6.17. The molecule has 2 nitrogen and oxygen atoms in total. The Hall–Kier alpha value is -0.870. The van der Waals surface area contributed by atoms with E-state index in [2.05, 4.69) is 25.2 Å². The Morgan fingerprint density at radius 1 is 1.41 bits per heavy atom. The lowest BCUT2D eigenvalue weighted by molar-refractivity contribution is 0.185. The first-order valence-electron chi connectivity index (χ1n) is 5.41. The lowest BCUT2D eigenvalue weighted by Crippen LogP contribution is -2.05. The van der Waals surface area contributed by atoms with Crippen molar-refractivity contribution in [2.45, 2.75) is 32.1 Å². The van der Waals surface area contributed by atoms with Gasteiger partial charge in [-0.25, -0.2) is 8.79 Å². The van der Waals surface area contributed by atoms with Crippen molar-refractivity contribution in [3.8, 4) is 0 Å². The Kier molecular flexibility index (Phi) is 5.15. The van der Waals surface area contributed by atoms with Gasteiger partial charge in [0, 0.05) is 23.6 Å². The Balaban J connectivity index is 2.79. The minimum absolute atomic E-state index is 0.0388. The number of methoxy groups -OCH3 is 1. The summed E-state index contributed by atoms with van der Waals surface area (Å²) in [5.41, 5.74) is 1.44. The fraction of sp³-hybridized carbons (Fsp3) is 0.462. The Labute approximate surface area is 106 Å². The van der Waals surface area contributed by atoms with E-state index in [1.165, 1.54) is 18.0 Å². The summed E-state index contributed by atoms with van der Waals surface area (Å²) in [5.74, 6) is -0.261. The van der Waals surface area contributed by atoms with Crippen LogP contribution in [0.3, 0.4) is 0 Å². The first-order valence-corrected chi connectivity index (χ1v) is 6.18. The van der Waals surface area contributed by atoms with Crippen LogP contribution in [0, 0.1) is 5.82 Å². The van der Waals surface area contributed by atoms with Gasteiger partial charge in [-0.05, 0) is 50.4 Å². The molecule has 0 aliphatic rings. The molecule has 0 aliphatic carbocycles. The van der Waals surface area contributed by atoms with Crippen molar-refractivity contribution < 1.29 is 9.13 Å². The van der Waals surface area contributed by atoms with Crippen LogP contribution in [0.1, 0.15) is 31.9 Å². The van der Waals surface area contributed by atoms with E-state index in [0.29, 0.717) is 12.2 Å². The number of nitrogens with zero attached hydrogens (tertiary/aromatic N) is 1. The molecule has 0 spiro atoms. The standard InChI is InChI=1S/C13H18FNOS/c1-13(2,3)17-15-8-11-7-10(9-16-4)5-6-12(11)14/h5-8H,9H2,1-4H3/b15-8+. The van der Waals surface area contributed by atoms with Crippen molar-refractivity contribution in [1.29, 1.82) is 0 Å². The van der Waals surface area contributed by atoms with Gasteiger partial charge < -0.3 is 4.74 Å². The number of ether oxygens (including phenoxy) is 1. The summed E-state index contributed by atoms with van der Waals surface area (Å²) in [5, 5.41) is 0. The topological polar surface area (TPSA) is 21.6 Å². The van der Waals surface area contributed by atoms with Crippen molar-refractivity contribution in [1.82, 2.24) is 0 Å². The van der Waals surface area contributed by atoms with Gasteiger partial charge >= 0.3 is 0 Å². The van der Waals surface area contributed by atoms with Crippen LogP contribution in [0.25, 0.3) is 0 Å². The highest BCUT2D eigenvalue weighted by Gasteiger charge is 2.09. The van der Waals surface area contributed by atoms with E-state index in [9.17, 15) is 4.39 Å². The van der Waals surface area contributed by atoms with E-state index >= 15 is 0 Å². The molecule has 94 valence electrons. The van der Waals surface area contributed by atoms with Crippen LogP contribution < -0.4 is 0 Å². The summed E-state index contributed by atoms with van der Waals surface area (Å²) in [7, 11) is 1.62. The molecule has 4 heteroatoms. The second-order valence-corrected chi connectivity index (χ2v) is 6.35. The van der Waals surface area contributed by atoms with Crippen molar-refractivity contribution in [3.63, 3.8) is 0 Å². The molecule has 0 atom stereocenters. The summed E-state index contributed by atoms with van der Waals surface area (Å²) >= 11 is 1.43. The van der Waals surface area contributed by atoms with E-state index in [0.717, 1.165) is 5.56 Å². The SMILES string of the molecule is COCc1ccc(F)c(/C=N/SC(C)(C)C)c1. The molecule has 1 aromatic carbocycles. The van der Waals surface area contributed by atoms with Crippen LogP contribution in [-0.4, -0.2) is 18.1 Å². The molecule has 0 unspecified atom stereocenters. The highest BCUT2D eigenvalue weighted by molar-refractivity contribution is 7.99. The van der Waals surface area contributed by atoms with Gasteiger partial charge in [-0.15, -0.1) is 0 Å². The Bertz CT molecular complexity index is 399. The zero-order valence-corrected chi connectivity index (χ0v) is 11.5. The van der Waals surface area contributed by atoms with Gasteiger partial charge in [0.2, 0.25) is 0 Å². The Morgan fingerprint density at radius 2 is 2.12 bits per heavy atom. The molecule has 1 aromatic rings. The number of rotatable bonds is 4. The third-order valence-corrected chi connectivity index (χ3v) is 2.65. The van der Waals surface area contributed by atoms with Gasteiger partial charge in [-0.3, -0.25) is 0 Å².